The zero-order chi connectivity index (χ0) is 16.5. The van der Waals surface area contributed by atoms with Crippen molar-refractivity contribution in [2.24, 2.45) is 5.92 Å². The van der Waals surface area contributed by atoms with E-state index in [0.717, 1.165) is 36.8 Å². The predicted octanol–water partition coefficient (Wildman–Crippen LogP) is 2.08. The number of nitrogens with one attached hydrogen (secondary N) is 2. The Balaban J connectivity index is 1.59. The molecule has 1 amide bonds. The van der Waals surface area contributed by atoms with Crippen LogP contribution in [-0.4, -0.2) is 43.4 Å². The van der Waals surface area contributed by atoms with Crippen molar-refractivity contribution < 1.29 is 14.6 Å². The fourth-order valence-electron chi connectivity index (χ4n) is 2.63. The molecule has 23 heavy (non-hydrogen) atoms. The number of para-hydroxylation sites is 1. The summed E-state index contributed by atoms with van der Waals surface area (Å²) in [6.07, 6.45) is 3.04. The Morgan fingerprint density at radius 1 is 1.39 bits per heavy atom. The van der Waals surface area contributed by atoms with Gasteiger partial charge in [0.1, 0.15) is 18.5 Å². The maximum absolute atomic E-state index is 11.8. The normalized spacial score (nSPS) is 16.8. The molecule has 0 aliphatic carbocycles. The number of ether oxygens (including phenoxy) is 1. The number of carbonyl (C=O) groups is 1. The number of hydrogen-bond acceptors (Lipinski definition) is 4. The molecule has 5 nitrogen and oxygen atoms in total. The fraction of sp³-hybridized carbons (Fsp3) is 0.588. The molecule has 2 rings (SSSR count). The molecule has 1 atom stereocenters. The number of benzene rings is 1. The van der Waals surface area contributed by atoms with Gasteiger partial charge in [-0.05, 0) is 66.3 Å². The summed E-state index contributed by atoms with van der Waals surface area (Å²) < 4.78 is 6.38. The second kappa shape index (κ2) is 9.90. The minimum Gasteiger partial charge on any atom is -0.490 e. The van der Waals surface area contributed by atoms with Crippen molar-refractivity contribution in [2.45, 2.75) is 31.8 Å². The number of halogens is 1. The fourth-order valence-corrected chi connectivity index (χ4v) is 3.03. The maximum Gasteiger partial charge on any atom is 0.220 e. The molecule has 1 saturated heterocycles. The monoisotopic (exact) mass is 384 g/mol. The molecule has 1 aromatic carbocycles. The van der Waals surface area contributed by atoms with Crippen LogP contribution >= 0.6 is 15.9 Å². The van der Waals surface area contributed by atoms with E-state index in [-0.39, 0.29) is 19.1 Å². The highest BCUT2D eigenvalue weighted by molar-refractivity contribution is 9.10. The van der Waals surface area contributed by atoms with Crippen molar-refractivity contribution in [1.29, 1.82) is 0 Å². The molecule has 0 spiro atoms. The second-order valence-corrected chi connectivity index (χ2v) is 6.79. The maximum atomic E-state index is 11.8. The summed E-state index contributed by atoms with van der Waals surface area (Å²) in [6, 6.07) is 7.48. The molecule has 0 saturated carbocycles. The molecule has 6 heteroatoms. The van der Waals surface area contributed by atoms with Crippen molar-refractivity contribution in [2.75, 3.05) is 26.2 Å². The number of amides is 1. The van der Waals surface area contributed by atoms with E-state index in [4.69, 9.17) is 4.74 Å². The summed E-state index contributed by atoms with van der Waals surface area (Å²) in [7, 11) is 0. The zero-order valence-corrected chi connectivity index (χ0v) is 14.8. The molecule has 128 valence electrons. The van der Waals surface area contributed by atoms with Crippen LogP contribution in [0, 0.1) is 5.92 Å². The highest BCUT2D eigenvalue weighted by Gasteiger charge is 2.15. The predicted molar refractivity (Wildman–Crippen MR) is 93.5 cm³/mol. The lowest BCUT2D eigenvalue weighted by molar-refractivity contribution is -0.122. The first-order chi connectivity index (χ1) is 11.1. The minimum absolute atomic E-state index is 0.00322. The SMILES string of the molecule is O=C(CCC1CCNCC1)NCC(O)COc1ccccc1Br. The lowest BCUT2D eigenvalue weighted by Crippen LogP contribution is -2.35. The standard InChI is InChI=1S/C17H25BrN2O3/c18-15-3-1-2-4-16(15)23-12-14(21)11-20-17(22)6-5-13-7-9-19-10-8-13/h1-4,13-14,19,21H,5-12H2,(H,20,22). The second-order valence-electron chi connectivity index (χ2n) is 5.93. The molecular weight excluding hydrogens is 360 g/mol. The largest absolute Gasteiger partial charge is 0.490 e. The van der Waals surface area contributed by atoms with Gasteiger partial charge in [-0.25, -0.2) is 0 Å². The van der Waals surface area contributed by atoms with E-state index < -0.39 is 6.10 Å². The topological polar surface area (TPSA) is 70.6 Å². The average Bonchev–Trinajstić information content (AvgIpc) is 2.58. The molecular formula is C17H25BrN2O3. The van der Waals surface area contributed by atoms with Crippen LogP contribution in [0.2, 0.25) is 0 Å². The molecule has 1 aromatic rings. The Morgan fingerprint density at radius 2 is 2.13 bits per heavy atom. The van der Waals surface area contributed by atoms with Gasteiger partial charge in [0, 0.05) is 13.0 Å². The number of rotatable bonds is 8. The van der Waals surface area contributed by atoms with Crippen LogP contribution in [0.5, 0.6) is 5.75 Å². The lowest BCUT2D eigenvalue weighted by atomic mass is 9.93. The van der Waals surface area contributed by atoms with Gasteiger partial charge in [0.2, 0.25) is 5.91 Å². The van der Waals surface area contributed by atoms with Gasteiger partial charge in [-0.15, -0.1) is 0 Å². The molecule has 1 aliphatic heterocycles. The number of aliphatic hydroxyl groups is 1. The van der Waals surface area contributed by atoms with Gasteiger partial charge in [0.05, 0.1) is 4.47 Å². The summed E-state index contributed by atoms with van der Waals surface area (Å²) in [5.74, 6) is 1.33. The highest BCUT2D eigenvalue weighted by atomic mass is 79.9. The first-order valence-electron chi connectivity index (χ1n) is 8.18. The van der Waals surface area contributed by atoms with Crippen molar-refractivity contribution in [3.8, 4) is 5.75 Å². The lowest BCUT2D eigenvalue weighted by Gasteiger charge is -2.22. The van der Waals surface area contributed by atoms with Crippen LogP contribution in [0.15, 0.2) is 28.7 Å². The molecule has 0 aromatic heterocycles. The van der Waals surface area contributed by atoms with E-state index >= 15 is 0 Å². The molecule has 0 radical (unpaired) electrons. The van der Waals surface area contributed by atoms with Crippen LogP contribution in [0.25, 0.3) is 0 Å². The number of hydrogen-bond donors (Lipinski definition) is 3. The first-order valence-corrected chi connectivity index (χ1v) is 8.97. The Labute approximate surface area is 145 Å². The third kappa shape index (κ3) is 6.89. The van der Waals surface area contributed by atoms with E-state index in [1.165, 1.54) is 0 Å². The summed E-state index contributed by atoms with van der Waals surface area (Å²) >= 11 is 3.39. The van der Waals surface area contributed by atoms with Crippen molar-refractivity contribution in [3.63, 3.8) is 0 Å². The van der Waals surface area contributed by atoms with E-state index in [1.807, 2.05) is 24.3 Å². The van der Waals surface area contributed by atoms with Crippen LogP contribution in [0.4, 0.5) is 0 Å². The Hall–Kier alpha value is -1.11. The van der Waals surface area contributed by atoms with E-state index in [1.54, 1.807) is 0 Å². The number of aliphatic hydroxyl groups excluding tert-OH is 1. The Kier molecular flexibility index (Phi) is 7.85. The first kappa shape index (κ1) is 18.2. The molecule has 3 N–H and O–H groups in total. The quantitative estimate of drug-likeness (QED) is 0.641. The highest BCUT2D eigenvalue weighted by Crippen LogP contribution is 2.23. The van der Waals surface area contributed by atoms with Gasteiger partial charge in [0.15, 0.2) is 0 Å². The van der Waals surface area contributed by atoms with Crippen molar-refractivity contribution in [1.82, 2.24) is 10.6 Å². The molecule has 1 heterocycles. The van der Waals surface area contributed by atoms with Gasteiger partial charge in [-0.1, -0.05) is 12.1 Å². The van der Waals surface area contributed by atoms with Gasteiger partial charge >= 0.3 is 0 Å². The summed E-state index contributed by atoms with van der Waals surface area (Å²) in [4.78, 5) is 11.8. The van der Waals surface area contributed by atoms with Gasteiger partial charge < -0.3 is 20.5 Å². The minimum atomic E-state index is -0.718. The van der Waals surface area contributed by atoms with E-state index in [0.29, 0.717) is 18.1 Å². The van der Waals surface area contributed by atoms with Crippen molar-refractivity contribution in [3.05, 3.63) is 28.7 Å². The summed E-state index contributed by atoms with van der Waals surface area (Å²) in [5.41, 5.74) is 0. The van der Waals surface area contributed by atoms with Gasteiger partial charge in [-0.3, -0.25) is 4.79 Å². The molecule has 1 unspecified atom stereocenters. The van der Waals surface area contributed by atoms with E-state index in [2.05, 4.69) is 26.6 Å². The van der Waals surface area contributed by atoms with Crippen LogP contribution in [-0.2, 0) is 4.79 Å². The number of carbonyl (C=O) groups excluding carboxylic acids is 1. The van der Waals surface area contributed by atoms with Gasteiger partial charge in [0.25, 0.3) is 0 Å². The molecule has 1 aliphatic rings. The summed E-state index contributed by atoms with van der Waals surface area (Å²) in [5, 5.41) is 16.0. The Morgan fingerprint density at radius 3 is 2.87 bits per heavy atom. The average molecular weight is 385 g/mol. The van der Waals surface area contributed by atoms with Gasteiger partial charge in [-0.2, -0.15) is 0 Å². The number of piperidine rings is 1. The van der Waals surface area contributed by atoms with Crippen LogP contribution in [0.3, 0.4) is 0 Å². The smallest absolute Gasteiger partial charge is 0.220 e. The van der Waals surface area contributed by atoms with Crippen LogP contribution < -0.4 is 15.4 Å². The molecule has 1 fully saturated rings. The van der Waals surface area contributed by atoms with Crippen LogP contribution in [0.1, 0.15) is 25.7 Å². The third-order valence-corrected chi connectivity index (χ3v) is 4.70. The zero-order valence-electron chi connectivity index (χ0n) is 13.3. The van der Waals surface area contributed by atoms with Crippen molar-refractivity contribution >= 4 is 21.8 Å². The molecule has 0 bridgehead atoms. The Bertz CT molecular complexity index is 492. The third-order valence-electron chi connectivity index (χ3n) is 4.04. The van der Waals surface area contributed by atoms with E-state index in [9.17, 15) is 9.90 Å². The summed E-state index contributed by atoms with van der Waals surface area (Å²) in [6.45, 7) is 2.47.